The van der Waals surface area contributed by atoms with Crippen LogP contribution in [0, 0.1) is 17.8 Å². The molecule has 0 aliphatic carbocycles. The summed E-state index contributed by atoms with van der Waals surface area (Å²) >= 11 is 0. The molecule has 0 saturated carbocycles. The standard InChI is InChI=1S/C12H25NO3S/c1-10(2)8-16-5-3-11(7-13)12-4-6-17(14,15)9-12/h10-12H,3-9,13H2,1-2H3. The highest BCUT2D eigenvalue weighted by atomic mass is 32.2. The highest BCUT2D eigenvalue weighted by Crippen LogP contribution is 2.27. The van der Waals surface area contributed by atoms with Crippen molar-refractivity contribution in [2.24, 2.45) is 23.5 Å². The molecule has 4 nitrogen and oxygen atoms in total. The lowest BCUT2D eigenvalue weighted by molar-refractivity contribution is 0.0927. The molecule has 1 fully saturated rings. The van der Waals surface area contributed by atoms with Gasteiger partial charge in [0.15, 0.2) is 9.84 Å². The topological polar surface area (TPSA) is 69.4 Å². The van der Waals surface area contributed by atoms with Crippen molar-refractivity contribution in [1.29, 1.82) is 0 Å². The first-order valence-electron chi connectivity index (χ1n) is 6.43. The molecule has 0 amide bonds. The molecule has 2 atom stereocenters. The first-order chi connectivity index (χ1) is 7.94. The van der Waals surface area contributed by atoms with E-state index in [0.717, 1.165) is 19.4 Å². The maximum atomic E-state index is 11.4. The first-order valence-corrected chi connectivity index (χ1v) is 8.25. The Labute approximate surface area is 105 Å². The van der Waals surface area contributed by atoms with Crippen LogP contribution >= 0.6 is 0 Å². The lowest BCUT2D eigenvalue weighted by Crippen LogP contribution is -2.26. The van der Waals surface area contributed by atoms with E-state index in [0.29, 0.717) is 36.5 Å². The monoisotopic (exact) mass is 263 g/mol. The molecule has 0 spiro atoms. The smallest absolute Gasteiger partial charge is 0.150 e. The van der Waals surface area contributed by atoms with Gasteiger partial charge in [-0.1, -0.05) is 13.8 Å². The van der Waals surface area contributed by atoms with E-state index < -0.39 is 9.84 Å². The average molecular weight is 263 g/mol. The molecule has 0 aromatic heterocycles. The molecule has 1 aliphatic heterocycles. The van der Waals surface area contributed by atoms with Crippen LogP contribution < -0.4 is 5.73 Å². The molecule has 0 bridgehead atoms. The Balaban J connectivity index is 2.29. The van der Waals surface area contributed by atoms with Crippen LogP contribution in [0.1, 0.15) is 26.7 Å². The van der Waals surface area contributed by atoms with Gasteiger partial charge in [0, 0.05) is 13.2 Å². The summed E-state index contributed by atoms with van der Waals surface area (Å²) in [6.07, 6.45) is 1.65. The molecule has 17 heavy (non-hydrogen) atoms. The minimum atomic E-state index is -2.79. The van der Waals surface area contributed by atoms with Crippen molar-refractivity contribution in [2.45, 2.75) is 26.7 Å². The fraction of sp³-hybridized carbons (Fsp3) is 1.00. The lowest BCUT2D eigenvalue weighted by Gasteiger charge is -2.20. The summed E-state index contributed by atoms with van der Waals surface area (Å²) in [5.74, 6) is 1.73. The van der Waals surface area contributed by atoms with E-state index in [-0.39, 0.29) is 5.92 Å². The minimum Gasteiger partial charge on any atom is -0.381 e. The van der Waals surface area contributed by atoms with Gasteiger partial charge in [-0.15, -0.1) is 0 Å². The van der Waals surface area contributed by atoms with E-state index in [9.17, 15) is 8.42 Å². The molecule has 0 aromatic rings. The molecular weight excluding hydrogens is 238 g/mol. The van der Waals surface area contributed by atoms with E-state index in [4.69, 9.17) is 10.5 Å². The predicted molar refractivity (Wildman–Crippen MR) is 69.6 cm³/mol. The fourth-order valence-corrected chi connectivity index (χ4v) is 4.21. The molecule has 2 N–H and O–H groups in total. The molecule has 0 aromatic carbocycles. The van der Waals surface area contributed by atoms with Gasteiger partial charge in [0.2, 0.25) is 0 Å². The van der Waals surface area contributed by atoms with Gasteiger partial charge in [0.1, 0.15) is 0 Å². The number of sulfone groups is 1. The second kappa shape index (κ2) is 6.71. The summed E-state index contributed by atoms with van der Waals surface area (Å²) < 4.78 is 28.4. The molecule has 0 radical (unpaired) electrons. The number of ether oxygens (including phenoxy) is 1. The van der Waals surface area contributed by atoms with Crippen LogP contribution in [0.15, 0.2) is 0 Å². The number of nitrogens with two attached hydrogens (primary N) is 1. The van der Waals surface area contributed by atoms with Crippen LogP contribution in [0.5, 0.6) is 0 Å². The quantitative estimate of drug-likeness (QED) is 0.697. The number of hydrogen-bond donors (Lipinski definition) is 1. The fourth-order valence-electron chi connectivity index (χ4n) is 2.30. The van der Waals surface area contributed by atoms with Crippen molar-refractivity contribution in [3.63, 3.8) is 0 Å². The van der Waals surface area contributed by atoms with E-state index in [1.165, 1.54) is 0 Å². The van der Waals surface area contributed by atoms with Crippen LogP contribution in [0.2, 0.25) is 0 Å². The third-order valence-corrected chi connectivity index (χ3v) is 5.11. The Bertz CT molecular complexity index is 314. The third-order valence-electron chi connectivity index (χ3n) is 3.32. The molecule has 1 aliphatic rings. The summed E-state index contributed by atoms with van der Waals surface area (Å²) in [7, 11) is -2.79. The van der Waals surface area contributed by atoms with Gasteiger partial charge in [0.05, 0.1) is 11.5 Å². The second-order valence-corrected chi connectivity index (χ2v) is 7.65. The van der Waals surface area contributed by atoms with Crippen molar-refractivity contribution < 1.29 is 13.2 Å². The first kappa shape index (κ1) is 14.9. The zero-order chi connectivity index (χ0) is 12.9. The van der Waals surface area contributed by atoms with Crippen LogP contribution in [0.25, 0.3) is 0 Å². The van der Waals surface area contributed by atoms with Crippen molar-refractivity contribution >= 4 is 9.84 Å². The normalized spacial score (nSPS) is 25.3. The summed E-state index contributed by atoms with van der Waals surface area (Å²) in [5, 5.41) is 0. The van der Waals surface area contributed by atoms with Crippen molar-refractivity contribution in [3.05, 3.63) is 0 Å². The molecule has 1 saturated heterocycles. The molecule has 1 rings (SSSR count). The Morgan fingerprint density at radius 1 is 1.41 bits per heavy atom. The average Bonchev–Trinajstić information content (AvgIpc) is 2.58. The Kier molecular flexibility index (Phi) is 5.89. The van der Waals surface area contributed by atoms with Crippen LogP contribution in [0.3, 0.4) is 0 Å². The van der Waals surface area contributed by atoms with Gasteiger partial charge < -0.3 is 10.5 Å². The SMILES string of the molecule is CC(C)COCCC(CN)C1CCS(=O)(=O)C1. The van der Waals surface area contributed by atoms with Gasteiger partial charge in [0.25, 0.3) is 0 Å². The third kappa shape index (κ3) is 5.36. The number of rotatable bonds is 7. The maximum Gasteiger partial charge on any atom is 0.150 e. The summed E-state index contributed by atoms with van der Waals surface area (Å²) in [6.45, 7) is 6.25. The van der Waals surface area contributed by atoms with E-state index in [2.05, 4.69) is 13.8 Å². The maximum absolute atomic E-state index is 11.4. The van der Waals surface area contributed by atoms with Crippen molar-refractivity contribution in [3.8, 4) is 0 Å². The number of hydrogen-bond acceptors (Lipinski definition) is 4. The summed E-state index contributed by atoms with van der Waals surface area (Å²) in [6, 6.07) is 0. The van der Waals surface area contributed by atoms with E-state index in [1.54, 1.807) is 0 Å². The van der Waals surface area contributed by atoms with Gasteiger partial charge in [-0.25, -0.2) is 8.42 Å². The summed E-state index contributed by atoms with van der Waals surface area (Å²) in [4.78, 5) is 0. The summed E-state index contributed by atoms with van der Waals surface area (Å²) in [5.41, 5.74) is 5.73. The Morgan fingerprint density at radius 2 is 2.12 bits per heavy atom. The van der Waals surface area contributed by atoms with Gasteiger partial charge >= 0.3 is 0 Å². The largest absolute Gasteiger partial charge is 0.381 e. The van der Waals surface area contributed by atoms with Gasteiger partial charge in [-0.2, -0.15) is 0 Å². The van der Waals surface area contributed by atoms with Crippen LogP contribution in [-0.2, 0) is 14.6 Å². The van der Waals surface area contributed by atoms with Crippen molar-refractivity contribution in [1.82, 2.24) is 0 Å². The molecular formula is C12H25NO3S. The van der Waals surface area contributed by atoms with Gasteiger partial charge in [-0.05, 0) is 37.1 Å². The van der Waals surface area contributed by atoms with E-state index >= 15 is 0 Å². The van der Waals surface area contributed by atoms with Crippen LogP contribution in [0.4, 0.5) is 0 Å². The Morgan fingerprint density at radius 3 is 2.59 bits per heavy atom. The van der Waals surface area contributed by atoms with Crippen LogP contribution in [-0.4, -0.2) is 39.7 Å². The highest BCUT2D eigenvalue weighted by molar-refractivity contribution is 7.91. The highest BCUT2D eigenvalue weighted by Gasteiger charge is 2.32. The van der Waals surface area contributed by atoms with Gasteiger partial charge in [-0.3, -0.25) is 0 Å². The minimum absolute atomic E-state index is 0.243. The molecule has 2 unspecified atom stereocenters. The predicted octanol–water partition coefficient (Wildman–Crippen LogP) is 1.06. The van der Waals surface area contributed by atoms with Crippen molar-refractivity contribution in [2.75, 3.05) is 31.3 Å². The zero-order valence-corrected chi connectivity index (χ0v) is 11.7. The zero-order valence-electron chi connectivity index (χ0n) is 10.9. The van der Waals surface area contributed by atoms with E-state index in [1.807, 2.05) is 0 Å². The lowest BCUT2D eigenvalue weighted by atomic mass is 9.89. The molecule has 1 heterocycles. The molecule has 5 heteroatoms. The molecule has 102 valence electrons. The Hall–Kier alpha value is -0.130. The second-order valence-electron chi connectivity index (χ2n) is 5.42.